The van der Waals surface area contributed by atoms with Crippen LogP contribution >= 0.6 is 0 Å². The number of sulfone groups is 1. The van der Waals surface area contributed by atoms with Gasteiger partial charge in [-0.3, -0.25) is 14.2 Å². The monoisotopic (exact) mass is 361 g/mol. The Kier molecular flexibility index (Phi) is 3.87. The zero-order valence-corrected chi connectivity index (χ0v) is 14.5. The first kappa shape index (κ1) is 16.3. The Balaban J connectivity index is 1.60. The minimum absolute atomic E-state index is 0.0279. The molecular formula is C17H19N3O4S. The van der Waals surface area contributed by atoms with Crippen LogP contribution < -0.4 is 5.56 Å². The zero-order valence-electron chi connectivity index (χ0n) is 13.7. The van der Waals surface area contributed by atoms with Gasteiger partial charge >= 0.3 is 0 Å². The fraction of sp³-hybridized carbons (Fsp3) is 0.471. The van der Waals surface area contributed by atoms with Gasteiger partial charge < -0.3 is 4.90 Å². The lowest BCUT2D eigenvalue weighted by Crippen LogP contribution is -2.45. The number of carbonyl (C=O) groups is 1. The van der Waals surface area contributed by atoms with Crippen LogP contribution in [0, 0.1) is 0 Å². The van der Waals surface area contributed by atoms with Crippen molar-refractivity contribution < 1.29 is 13.2 Å². The number of aromatic nitrogens is 2. The Morgan fingerprint density at radius 3 is 2.64 bits per heavy atom. The van der Waals surface area contributed by atoms with Gasteiger partial charge in [-0.15, -0.1) is 0 Å². The Labute approximate surface area is 145 Å². The highest BCUT2D eigenvalue weighted by Crippen LogP contribution is 2.32. The van der Waals surface area contributed by atoms with Crippen molar-refractivity contribution >= 4 is 26.6 Å². The minimum atomic E-state index is -3.06. The molecule has 0 unspecified atom stereocenters. The number of hydrogen-bond acceptors (Lipinski definition) is 5. The molecule has 0 N–H and O–H groups in total. The Morgan fingerprint density at radius 1 is 1.20 bits per heavy atom. The van der Waals surface area contributed by atoms with Crippen molar-refractivity contribution in [3.8, 4) is 0 Å². The van der Waals surface area contributed by atoms with Gasteiger partial charge in [0.25, 0.3) is 5.56 Å². The third-order valence-corrected chi connectivity index (χ3v) is 6.62. The van der Waals surface area contributed by atoms with E-state index < -0.39 is 9.84 Å². The molecule has 1 aliphatic carbocycles. The molecule has 0 spiro atoms. The number of para-hydroxylation sites is 1. The van der Waals surface area contributed by atoms with Gasteiger partial charge in [-0.25, -0.2) is 13.4 Å². The molecule has 2 aromatic rings. The first-order valence-electron chi connectivity index (χ1n) is 8.40. The standard InChI is InChI=1S/C17H19N3O4S/c21-16(20(12-5-6-12)13-7-8-25(23,24)10-13)9-19-11-18-15-4-2-1-3-14(15)17(19)22/h1-4,11-13H,5-10H2/t13-/m0/s1. The number of nitrogens with zero attached hydrogens (tertiary/aromatic N) is 3. The second kappa shape index (κ2) is 5.94. The molecular weight excluding hydrogens is 342 g/mol. The van der Waals surface area contributed by atoms with Gasteiger partial charge in [0, 0.05) is 12.1 Å². The van der Waals surface area contributed by atoms with Crippen molar-refractivity contribution in [3.63, 3.8) is 0 Å². The van der Waals surface area contributed by atoms with Crippen LogP contribution in [-0.4, -0.2) is 52.4 Å². The van der Waals surface area contributed by atoms with Crippen LogP contribution in [0.15, 0.2) is 35.4 Å². The summed E-state index contributed by atoms with van der Waals surface area (Å²) in [5.74, 6) is -0.0463. The lowest BCUT2D eigenvalue weighted by Gasteiger charge is -2.28. The molecule has 4 rings (SSSR count). The molecule has 0 bridgehead atoms. The van der Waals surface area contributed by atoms with E-state index >= 15 is 0 Å². The van der Waals surface area contributed by atoms with Crippen LogP contribution in [0.1, 0.15) is 19.3 Å². The maximum atomic E-state index is 12.8. The largest absolute Gasteiger partial charge is 0.334 e. The number of amides is 1. The van der Waals surface area contributed by atoms with E-state index in [0.29, 0.717) is 17.3 Å². The normalized spacial score (nSPS) is 22.2. The molecule has 0 radical (unpaired) electrons. The Bertz CT molecular complexity index is 994. The molecule has 2 fully saturated rings. The second-order valence-corrected chi connectivity index (χ2v) is 9.01. The lowest BCUT2D eigenvalue weighted by atomic mass is 10.2. The maximum absolute atomic E-state index is 12.8. The van der Waals surface area contributed by atoms with Gasteiger partial charge in [-0.05, 0) is 31.4 Å². The average molecular weight is 361 g/mol. The molecule has 1 aromatic carbocycles. The first-order valence-corrected chi connectivity index (χ1v) is 10.2. The van der Waals surface area contributed by atoms with E-state index in [9.17, 15) is 18.0 Å². The Morgan fingerprint density at radius 2 is 1.96 bits per heavy atom. The fourth-order valence-electron chi connectivity index (χ4n) is 3.50. The van der Waals surface area contributed by atoms with Gasteiger partial charge in [0.2, 0.25) is 5.91 Å². The summed E-state index contributed by atoms with van der Waals surface area (Å²) in [5.41, 5.74) is 0.339. The summed E-state index contributed by atoms with van der Waals surface area (Å²) in [6, 6.07) is 6.84. The summed E-state index contributed by atoms with van der Waals surface area (Å²) < 4.78 is 24.8. The molecule has 1 atom stereocenters. The minimum Gasteiger partial charge on any atom is -0.334 e. The van der Waals surface area contributed by atoms with E-state index in [-0.39, 0.29) is 41.6 Å². The molecule has 2 heterocycles. The summed E-state index contributed by atoms with van der Waals surface area (Å²) in [5, 5.41) is 0.471. The predicted molar refractivity (Wildman–Crippen MR) is 92.9 cm³/mol. The quantitative estimate of drug-likeness (QED) is 0.794. The van der Waals surface area contributed by atoms with Gasteiger partial charge in [0.1, 0.15) is 6.54 Å². The van der Waals surface area contributed by atoms with Crippen LogP contribution in [0.2, 0.25) is 0 Å². The SMILES string of the molecule is O=C(Cn1cnc2ccccc2c1=O)N(C1CC1)[C@H]1CCS(=O)(=O)C1. The van der Waals surface area contributed by atoms with Crippen LogP contribution in [0.5, 0.6) is 0 Å². The molecule has 1 saturated heterocycles. The third-order valence-electron chi connectivity index (χ3n) is 4.87. The Hall–Kier alpha value is -2.22. The molecule has 2 aliphatic rings. The van der Waals surface area contributed by atoms with E-state index in [1.807, 2.05) is 0 Å². The highest BCUT2D eigenvalue weighted by molar-refractivity contribution is 7.91. The number of hydrogen-bond donors (Lipinski definition) is 0. The molecule has 132 valence electrons. The van der Waals surface area contributed by atoms with Crippen LogP contribution in [0.25, 0.3) is 10.9 Å². The van der Waals surface area contributed by atoms with Crippen molar-refractivity contribution in [1.82, 2.24) is 14.5 Å². The van der Waals surface area contributed by atoms with Gasteiger partial charge in [-0.2, -0.15) is 0 Å². The maximum Gasteiger partial charge on any atom is 0.261 e. The molecule has 1 amide bonds. The summed E-state index contributed by atoms with van der Waals surface area (Å²) >= 11 is 0. The average Bonchev–Trinajstić information content (AvgIpc) is 3.34. The smallest absolute Gasteiger partial charge is 0.261 e. The van der Waals surface area contributed by atoms with Gasteiger partial charge in [-0.1, -0.05) is 12.1 Å². The third kappa shape index (κ3) is 3.18. The van der Waals surface area contributed by atoms with Crippen LogP contribution in [0.3, 0.4) is 0 Å². The molecule has 1 aliphatic heterocycles. The van der Waals surface area contributed by atoms with Crippen molar-refractivity contribution in [1.29, 1.82) is 0 Å². The van der Waals surface area contributed by atoms with Gasteiger partial charge in [0.05, 0.1) is 28.7 Å². The van der Waals surface area contributed by atoms with Crippen molar-refractivity contribution in [2.45, 2.75) is 37.9 Å². The van der Waals surface area contributed by atoms with E-state index in [1.165, 1.54) is 10.9 Å². The van der Waals surface area contributed by atoms with Crippen molar-refractivity contribution in [3.05, 3.63) is 40.9 Å². The highest BCUT2D eigenvalue weighted by Gasteiger charge is 2.42. The number of rotatable bonds is 4. The molecule has 25 heavy (non-hydrogen) atoms. The second-order valence-electron chi connectivity index (χ2n) is 6.78. The summed E-state index contributed by atoms with van der Waals surface area (Å²) in [4.78, 5) is 31.3. The number of benzene rings is 1. The van der Waals surface area contributed by atoms with Crippen LogP contribution in [-0.2, 0) is 21.2 Å². The fourth-order valence-corrected chi connectivity index (χ4v) is 5.21. The highest BCUT2D eigenvalue weighted by atomic mass is 32.2. The molecule has 1 aromatic heterocycles. The van der Waals surface area contributed by atoms with E-state index in [2.05, 4.69) is 4.98 Å². The zero-order chi connectivity index (χ0) is 17.6. The first-order chi connectivity index (χ1) is 11.9. The summed E-state index contributed by atoms with van der Waals surface area (Å²) in [7, 11) is -3.06. The predicted octanol–water partition coefficient (Wildman–Crippen LogP) is 0.575. The van der Waals surface area contributed by atoms with E-state index in [0.717, 1.165) is 12.8 Å². The lowest BCUT2D eigenvalue weighted by molar-refractivity contribution is -0.134. The summed E-state index contributed by atoms with van der Waals surface area (Å²) in [6.45, 7) is -0.107. The molecule has 1 saturated carbocycles. The van der Waals surface area contributed by atoms with Crippen LogP contribution in [0.4, 0.5) is 0 Å². The van der Waals surface area contributed by atoms with E-state index in [1.54, 1.807) is 29.2 Å². The van der Waals surface area contributed by atoms with E-state index in [4.69, 9.17) is 0 Å². The van der Waals surface area contributed by atoms with Gasteiger partial charge in [0.15, 0.2) is 9.84 Å². The summed E-state index contributed by atoms with van der Waals surface area (Å²) in [6.07, 6.45) is 3.66. The van der Waals surface area contributed by atoms with Crippen molar-refractivity contribution in [2.24, 2.45) is 0 Å². The number of fused-ring (bicyclic) bond motifs is 1. The van der Waals surface area contributed by atoms with Crippen molar-refractivity contribution in [2.75, 3.05) is 11.5 Å². The molecule has 8 heteroatoms. The molecule has 7 nitrogen and oxygen atoms in total. The number of carbonyl (C=O) groups excluding carboxylic acids is 1. The topological polar surface area (TPSA) is 89.3 Å².